The Morgan fingerprint density at radius 2 is 2.05 bits per heavy atom. The lowest BCUT2D eigenvalue weighted by Gasteiger charge is -2.26. The van der Waals surface area contributed by atoms with Gasteiger partial charge in [0, 0.05) is 10.5 Å². The van der Waals surface area contributed by atoms with Crippen LogP contribution in [0.2, 0.25) is 0 Å². The van der Waals surface area contributed by atoms with Crippen LogP contribution in [0, 0.1) is 0 Å². The van der Waals surface area contributed by atoms with E-state index in [2.05, 4.69) is 31.9 Å². The molecule has 1 unspecified atom stereocenters. The zero-order chi connectivity index (χ0) is 16.0. The fraction of sp³-hybridized carbons (Fsp3) is 0.429. The second-order valence-electron chi connectivity index (χ2n) is 4.54. The van der Waals surface area contributed by atoms with Gasteiger partial charge < -0.3 is 14.7 Å². The van der Waals surface area contributed by atoms with Gasteiger partial charge in [0.2, 0.25) is 0 Å². The molecule has 0 aliphatic rings. The Labute approximate surface area is 140 Å². The van der Waals surface area contributed by atoms with Crippen LogP contribution in [0.25, 0.3) is 0 Å². The monoisotopic (exact) mass is 421 g/mol. The summed E-state index contributed by atoms with van der Waals surface area (Å²) in [5, 5.41) is 8.89. The highest BCUT2D eigenvalue weighted by molar-refractivity contribution is 9.11. The second kappa shape index (κ2) is 8.38. The Morgan fingerprint density at radius 1 is 1.38 bits per heavy atom. The third kappa shape index (κ3) is 5.67. The van der Waals surface area contributed by atoms with E-state index in [9.17, 15) is 9.59 Å². The third-order valence-corrected chi connectivity index (χ3v) is 4.11. The molecule has 7 heteroatoms. The molecule has 0 heterocycles. The molecule has 0 fully saturated rings. The molecular formula is C14H17Br2NO4. The second-order valence-corrected chi connectivity index (χ2v) is 6.31. The van der Waals surface area contributed by atoms with Crippen LogP contribution in [-0.4, -0.2) is 41.1 Å². The van der Waals surface area contributed by atoms with E-state index in [4.69, 9.17) is 9.84 Å². The first-order valence-corrected chi connectivity index (χ1v) is 8.02. The summed E-state index contributed by atoms with van der Waals surface area (Å²) in [5.41, 5.74) is 0. The number of hydrogen-bond acceptors (Lipinski definition) is 3. The SMILES string of the molecule is CCC(C)N(CC(=O)O)C(=O)COc1ccc(Br)cc1Br. The molecule has 1 aromatic carbocycles. The number of carbonyl (C=O) groups excluding carboxylic acids is 1. The topological polar surface area (TPSA) is 66.8 Å². The van der Waals surface area contributed by atoms with Gasteiger partial charge in [-0.2, -0.15) is 0 Å². The highest BCUT2D eigenvalue weighted by Crippen LogP contribution is 2.28. The highest BCUT2D eigenvalue weighted by Gasteiger charge is 2.22. The largest absolute Gasteiger partial charge is 0.483 e. The van der Waals surface area contributed by atoms with Crippen LogP contribution < -0.4 is 4.74 Å². The van der Waals surface area contributed by atoms with Gasteiger partial charge in [0.25, 0.3) is 5.91 Å². The smallest absolute Gasteiger partial charge is 0.323 e. The number of amides is 1. The van der Waals surface area contributed by atoms with Crippen LogP contribution in [0.4, 0.5) is 0 Å². The molecule has 1 rings (SSSR count). The van der Waals surface area contributed by atoms with E-state index >= 15 is 0 Å². The summed E-state index contributed by atoms with van der Waals surface area (Å²) in [4.78, 5) is 24.3. The van der Waals surface area contributed by atoms with Crippen LogP contribution in [0.5, 0.6) is 5.75 Å². The van der Waals surface area contributed by atoms with Gasteiger partial charge in [-0.1, -0.05) is 22.9 Å². The maximum absolute atomic E-state index is 12.1. The number of carboxylic acid groups (broad SMARTS) is 1. The van der Waals surface area contributed by atoms with Crippen LogP contribution in [0.3, 0.4) is 0 Å². The number of ether oxygens (including phenoxy) is 1. The molecule has 0 aliphatic heterocycles. The number of carbonyl (C=O) groups is 2. The lowest BCUT2D eigenvalue weighted by atomic mass is 10.2. The molecule has 0 radical (unpaired) electrons. The first kappa shape index (κ1) is 18.0. The predicted octanol–water partition coefficient (Wildman–Crippen LogP) is 3.30. The minimum absolute atomic E-state index is 0.148. The molecule has 21 heavy (non-hydrogen) atoms. The fourth-order valence-corrected chi connectivity index (χ4v) is 2.83. The van der Waals surface area contributed by atoms with Crippen molar-refractivity contribution in [3.63, 3.8) is 0 Å². The van der Waals surface area contributed by atoms with E-state index in [1.807, 2.05) is 19.9 Å². The molecular weight excluding hydrogens is 406 g/mol. The first-order valence-electron chi connectivity index (χ1n) is 6.44. The van der Waals surface area contributed by atoms with Gasteiger partial charge in [0.1, 0.15) is 12.3 Å². The van der Waals surface area contributed by atoms with E-state index in [1.165, 1.54) is 4.90 Å². The Balaban J connectivity index is 2.70. The Bertz CT molecular complexity index is 522. The van der Waals surface area contributed by atoms with Crippen molar-refractivity contribution in [1.29, 1.82) is 0 Å². The van der Waals surface area contributed by atoms with Gasteiger partial charge in [-0.05, 0) is 47.5 Å². The number of benzene rings is 1. The molecule has 5 nitrogen and oxygen atoms in total. The molecule has 0 aliphatic carbocycles. The standard InChI is InChI=1S/C14H17Br2NO4/c1-3-9(2)17(7-14(19)20)13(18)8-21-12-5-4-10(15)6-11(12)16/h4-6,9H,3,7-8H2,1-2H3,(H,19,20). The van der Waals surface area contributed by atoms with Gasteiger partial charge in [0.15, 0.2) is 6.61 Å². The van der Waals surface area contributed by atoms with Crippen molar-refractivity contribution in [1.82, 2.24) is 4.90 Å². The summed E-state index contributed by atoms with van der Waals surface area (Å²) in [6.45, 7) is 3.20. The Hall–Kier alpha value is -1.08. The number of aliphatic carboxylic acids is 1. The van der Waals surface area contributed by atoms with Crippen molar-refractivity contribution in [2.45, 2.75) is 26.3 Å². The maximum Gasteiger partial charge on any atom is 0.323 e. The lowest BCUT2D eigenvalue weighted by Crippen LogP contribution is -2.44. The molecule has 1 aromatic rings. The third-order valence-electron chi connectivity index (χ3n) is 2.99. The van der Waals surface area contributed by atoms with Crippen LogP contribution in [0.1, 0.15) is 20.3 Å². The first-order chi connectivity index (χ1) is 9.85. The number of rotatable bonds is 7. The lowest BCUT2D eigenvalue weighted by molar-refractivity contribution is -0.147. The Morgan fingerprint density at radius 3 is 2.57 bits per heavy atom. The fourth-order valence-electron chi connectivity index (χ4n) is 1.67. The summed E-state index contributed by atoms with van der Waals surface area (Å²) in [6, 6.07) is 5.19. The summed E-state index contributed by atoms with van der Waals surface area (Å²) in [5.74, 6) is -0.846. The maximum atomic E-state index is 12.1. The van der Waals surface area contributed by atoms with E-state index in [1.54, 1.807) is 12.1 Å². The van der Waals surface area contributed by atoms with Crippen molar-refractivity contribution in [3.8, 4) is 5.75 Å². The average Bonchev–Trinajstić information content (AvgIpc) is 2.42. The zero-order valence-electron chi connectivity index (χ0n) is 11.8. The summed E-state index contributed by atoms with van der Waals surface area (Å²) < 4.78 is 7.07. The minimum Gasteiger partial charge on any atom is -0.483 e. The van der Waals surface area contributed by atoms with Crippen molar-refractivity contribution in [2.24, 2.45) is 0 Å². The van der Waals surface area contributed by atoms with E-state index in [-0.39, 0.29) is 25.1 Å². The van der Waals surface area contributed by atoms with Crippen molar-refractivity contribution in [2.75, 3.05) is 13.2 Å². The number of hydrogen-bond donors (Lipinski definition) is 1. The summed E-state index contributed by atoms with van der Waals surface area (Å²) in [7, 11) is 0. The zero-order valence-corrected chi connectivity index (χ0v) is 15.0. The van der Waals surface area contributed by atoms with E-state index in [0.29, 0.717) is 12.2 Å². The molecule has 1 atom stereocenters. The molecule has 116 valence electrons. The normalized spacial score (nSPS) is 11.8. The van der Waals surface area contributed by atoms with Gasteiger partial charge in [-0.15, -0.1) is 0 Å². The van der Waals surface area contributed by atoms with Gasteiger partial charge in [-0.25, -0.2) is 0 Å². The number of halogens is 2. The van der Waals surface area contributed by atoms with Crippen molar-refractivity contribution in [3.05, 3.63) is 27.1 Å². The quantitative estimate of drug-likeness (QED) is 0.731. The van der Waals surface area contributed by atoms with Gasteiger partial charge in [-0.3, -0.25) is 9.59 Å². The molecule has 0 saturated heterocycles. The highest BCUT2D eigenvalue weighted by atomic mass is 79.9. The molecule has 1 amide bonds. The van der Waals surface area contributed by atoms with Gasteiger partial charge >= 0.3 is 5.97 Å². The minimum atomic E-state index is -1.03. The molecule has 1 N–H and O–H groups in total. The number of nitrogens with zero attached hydrogens (tertiary/aromatic N) is 1. The Kier molecular flexibility index (Phi) is 7.17. The van der Waals surface area contributed by atoms with E-state index in [0.717, 1.165) is 8.95 Å². The molecule has 0 saturated carbocycles. The van der Waals surface area contributed by atoms with Crippen molar-refractivity contribution < 1.29 is 19.4 Å². The molecule has 0 aromatic heterocycles. The van der Waals surface area contributed by atoms with Crippen LogP contribution in [0.15, 0.2) is 27.1 Å². The summed E-state index contributed by atoms with van der Waals surface area (Å²) in [6.07, 6.45) is 0.682. The predicted molar refractivity (Wildman–Crippen MR) is 86.4 cm³/mol. The van der Waals surface area contributed by atoms with E-state index < -0.39 is 5.97 Å². The molecule has 0 bridgehead atoms. The van der Waals surface area contributed by atoms with Gasteiger partial charge in [0.05, 0.1) is 4.47 Å². The average molecular weight is 423 g/mol. The number of carboxylic acids is 1. The van der Waals surface area contributed by atoms with Crippen LogP contribution in [-0.2, 0) is 9.59 Å². The summed E-state index contributed by atoms with van der Waals surface area (Å²) >= 11 is 6.67. The molecule has 0 spiro atoms. The van der Waals surface area contributed by atoms with Crippen LogP contribution >= 0.6 is 31.9 Å². The van der Waals surface area contributed by atoms with Crippen molar-refractivity contribution >= 4 is 43.7 Å².